The van der Waals surface area contributed by atoms with Crippen molar-refractivity contribution in [3.05, 3.63) is 28.3 Å². The third-order valence-electron chi connectivity index (χ3n) is 3.74. The minimum Gasteiger partial charge on any atom is -0.381 e. The van der Waals surface area contributed by atoms with Crippen LogP contribution in [-0.2, 0) is 0 Å². The van der Waals surface area contributed by atoms with Crippen LogP contribution in [-0.4, -0.2) is 22.9 Å². The van der Waals surface area contributed by atoms with Crippen LogP contribution < -0.4 is 5.32 Å². The zero-order valence-corrected chi connectivity index (χ0v) is 12.8. The summed E-state index contributed by atoms with van der Waals surface area (Å²) in [6.07, 6.45) is 2.34. The van der Waals surface area contributed by atoms with E-state index in [0.717, 1.165) is 24.2 Å². The second-order valence-electron chi connectivity index (χ2n) is 5.02. The van der Waals surface area contributed by atoms with Crippen molar-refractivity contribution in [2.45, 2.75) is 38.8 Å². The maximum atomic E-state index is 8.95. The Balaban J connectivity index is 2.15. The summed E-state index contributed by atoms with van der Waals surface area (Å²) in [5.74, 6) is 0. The normalized spacial score (nSPS) is 21.1. The van der Waals surface area contributed by atoms with Gasteiger partial charge in [-0.2, -0.15) is 5.26 Å². The van der Waals surface area contributed by atoms with Crippen molar-refractivity contribution >= 4 is 30.1 Å². The van der Waals surface area contributed by atoms with Crippen LogP contribution in [0.1, 0.15) is 30.9 Å². The Bertz CT molecular complexity index is 512. The maximum Gasteiger partial charge on any atom is 0.101 e. The largest absolute Gasteiger partial charge is 0.381 e. The quantitative estimate of drug-likeness (QED) is 0.837. The van der Waals surface area contributed by atoms with Gasteiger partial charge in [0.2, 0.25) is 0 Å². The van der Waals surface area contributed by atoms with E-state index in [1.54, 1.807) is 6.07 Å². The van der Waals surface area contributed by atoms with Gasteiger partial charge in [-0.25, -0.2) is 4.31 Å². The number of anilines is 1. The molecule has 1 unspecified atom stereocenters. The summed E-state index contributed by atoms with van der Waals surface area (Å²) in [5, 5.41) is 13.0. The number of nitriles is 1. The van der Waals surface area contributed by atoms with Crippen LogP contribution in [0.15, 0.2) is 12.1 Å². The molecule has 2 rings (SSSR count). The van der Waals surface area contributed by atoms with Crippen LogP contribution in [0.5, 0.6) is 0 Å². The highest BCUT2D eigenvalue weighted by Crippen LogP contribution is 2.29. The lowest BCUT2D eigenvalue weighted by atomic mass is 10.1. The molecule has 102 valence electrons. The molecule has 0 aliphatic carbocycles. The van der Waals surface area contributed by atoms with Crippen LogP contribution in [0.2, 0.25) is 5.02 Å². The van der Waals surface area contributed by atoms with Gasteiger partial charge in [0, 0.05) is 24.3 Å². The molecule has 0 saturated carbocycles. The van der Waals surface area contributed by atoms with Crippen molar-refractivity contribution in [1.29, 1.82) is 5.26 Å². The minimum atomic E-state index is 0.294. The van der Waals surface area contributed by atoms with Crippen molar-refractivity contribution < 1.29 is 0 Å². The number of hydrogen-bond acceptors (Lipinski definition) is 4. The monoisotopic (exact) mass is 295 g/mol. The van der Waals surface area contributed by atoms with Crippen LogP contribution in [0.4, 0.5) is 5.69 Å². The molecule has 1 heterocycles. The molecule has 5 heteroatoms. The molecule has 0 spiro atoms. The van der Waals surface area contributed by atoms with Gasteiger partial charge < -0.3 is 5.32 Å². The standard InChI is InChI=1S/C14H18ClN3S/c1-9-12(6-5-11(8-16)14(9)15)17-10(2)13-4-3-7-18(13)19/h5-6,10,13,17,19H,3-4,7H2,1-2H3/t10-,13?/m0/s1. The Kier molecular flexibility index (Phi) is 4.62. The molecule has 1 aliphatic rings. The van der Waals surface area contributed by atoms with Gasteiger partial charge in [0.05, 0.1) is 10.6 Å². The van der Waals surface area contributed by atoms with Crippen molar-refractivity contribution in [2.75, 3.05) is 11.9 Å². The van der Waals surface area contributed by atoms with Gasteiger partial charge in [-0.05, 0) is 44.4 Å². The van der Waals surface area contributed by atoms with Crippen LogP contribution in [0, 0.1) is 18.3 Å². The number of thiol groups is 1. The second kappa shape index (κ2) is 6.04. The fourth-order valence-corrected chi connectivity index (χ4v) is 3.22. The Morgan fingerprint density at radius 1 is 1.58 bits per heavy atom. The maximum absolute atomic E-state index is 8.95. The molecule has 1 aromatic rings. The van der Waals surface area contributed by atoms with Gasteiger partial charge in [0.25, 0.3) is 0 Å². The van der Waals surface area contributed by atoms with E-state index in [1.165, 1.54) is 6.42 Å². The lowest BCUT2D eigenvalue weighted by molar-refractivity contribution is 0.403. The van der Waals surface area contributed by atoms with Crippen molar-refractivity contribution in [1.82, 2.24) is 4.31 Å². The number of nitrogens with one attached hydrogen (secondary N) is 1. The van der Waals surface area contributed by atoms with Crippen LogP contribution in [0.3, 0.4) is 0 Å². The highest BCUT2D eigenvalue weighted by molar-refractivity contribution is 7.77. The molecule has 19 heavy (non-hydrogen) atoms. The number of benzene rings is 1. The zero-order chi connectivity index (χ0) is 14.0. The molecular formula is C14H18ClN3S. The summed E-state index contributed by atoms with van der Waals surface area (Å²) in [5.41, 5.74) is 2.44. The topological polar surface area (TPSA) is 39.1 Å². The van der Waals surface area contributed by atoms with E-state index in [2.05, 4.69) is 35.4 Å². The van der Waals surface area contributed by atoms with E-state index in [1.807, 2.05) is 13.0 Å². The lowest BCUT2D eigenvalue weighted by Crippen LogP contribution is -2.37. The van der Waals surface area contributed by atoms with E-state index in [0.29, 0.717) is 22.7 Å². The van der Waals surface area contributed by atoms with Crippen molar-refractivity contribution in [2.24, 2.45) is 0 Å². The van der Waals surface area contributed by atoms with Crippen molar-refractivity contribution in [3.63, 3.8) is 0 Å². The summed E-state index contributed by atoms with van der Waals surface area (Å²) < 4.78 is 2.10. The van der Waals surface area contributed by atoms with Crippen molar-refractivity contribution in [3.8, 4) is 6.07 Å². The minimum absolute atomic E-state index is 0.294. The van der Waals surface area contributed by atoms with E-state index < -0.39 is 0 Å². The van der Waals surface area contributed by atoms with Gasteiger partial charge in [-0.1, -0.05) is 24.4 Å². The second-order valence-corrected chi connectivity index (χ2v) is 5.91. The van der Waals surface area contributed by atoms with Gasteiger partial charge >= 0.3 is 0 Å². The van der Waals surface area contributed by atoms with Crippen LogP contribution in [0.25, 0.3) is 0 Å². The molecule has 1 fully saturated rings. The molecule has 1 aromatic carbocycles. The van der Waals surface area contributed by atoms with Crippen LogP contribution >= 0.6 is 24.4 Å². The molecule has 1 saturated heterocycles. The first-order valence-corrected chi connectivity index (χ1v) is 7.23. The Morgan fingerprint density at radius 2 is 2.32 bits per heavy atom. The molecule has 3 nitrogen and oxygen atoms in total. The predicted octanol–water partition coefficient (Wildman–Crippen LogP) is 3.63. The molecule has 1 N–H and O–H groups in total. The average molecular weight is 296 g/mol. The number of halogens is 1. The molecule has 0 bridgehead atoms. The number of hydrogen-bond donors (Lipinski definition) is 2. The zero-order valence-electron chi connectivity index (χ0n) is 11.2. The Labute approximate surface area is 125 Å². The van der Waals surface area contributed by atoms with E-state index >= 15 is 0 Å². The first-order chi connectivity index (χ1) is 9.04. The summed E-state index contributed by atoms with van der Waals surface area (Å²) in [6.45, 7) is 5.13. The molecular weight excluding hydrogens is 278 g/mol. The Hall–Kier alpha value is -0.890. The highest BCUT2D eigenvalue weighted by atomic mass is 35.5. The smallest absolute Gasteiger partial charge is 0.101 e. The molecule has 0 amide bonds. The molecule has 0 aromatic heterocycles. The summed E-state index contributed by atoms with van der Waals surface area (Å²) >= 11 is 10.7. The molecule has 1 aliphatic heterocycles. The highest BCUT2D eigenvalue weighted by Gasteiger charge is 2.27. The van der Waals surface area contributed by atoms with E-state index in [-0.39, 0.29) is 0 Å². The first kappa shape index (κ1) is 14.5. The van der Waals surface area contributed by atoms with Gasteiger partial charge in [-0.3, -0.25) is 0 Å². The first-order valence-electron chi connectivity index (χ1n) is 6.46. The number of rotatable bonds is 3. The Morgan fingerprint density at radius 3 is 2.89 bits per heavy atom. The third-order valence-corrected chi connectivity index (χ3v) is 4.72. The van der Waals surface area contributed by atoms with E-state index in [9.17, 15) is 0 Å². The van der Waals surface area contributed by atoms with Gasteiger partial charge in [0.15, 0.2) is 0 Å². The SMILES string of the molecule is Cc1c(N[C@@H](C)C2CCCN2S)ccc(C#N)c1Cl. The van der Waals surface area contributed by atoms with Gasteiger partial charge in [0.1, 0.15) is 6.07 Å². The summed E-state index contributed by atoms with van der Waals surface area (Å²) in [4.78, 5) is 0. The third kappa shape index (κ3) is 3.00. The average Bonchev–Trinajstić information content (AvgIpc) is 2.81. The van der Waals surface area contributed by atoms with Gasteiger partial charge in [-0.15, -0.1) is 0 Å². The number of nitrogens with zero attached hydrogens (tertiary/aromatic N) is 2. The summed E-state index contributed by atoms with van der Waals surface area (Å²) in [7, 11) is 0. The lowest BCUT2D eigenvalue weighted by Gasteiger charge is -2.27. The van der Waals surface area contributed by atoms with E-state index in [4.69, 9.17) is 16.9 Å². The predicted molar refractivity (Wildman–Crippen MR) is 82.7 cm³/mol. The summed E-state index contributed by atoms with van der Waals surface area (Å²) in [6, 6.07) is 6.51. The fourth-order valence-electron chi connectivity index (χ4n) is 2.55. The molecule has 0 radical (unpaired) electrons. The fraction of sp³-hybridized carbons (Fsp3) is 0.500. The molecule has 2 atom stereocenters.